The van der Waals surface area contributed by atoms with Crippen molar-refractivity contribution in [3.05, 3.63) is 12.4 Å². The van der Waals surface area contributed by atoms with Gasteiger partial charge in [0.05, 0.1) is 24.9 Å². The lowest BCUT2D eigenvalue weighted by molar-refractivity contribution is -0.112. The Labute approximate surface area is 123 Å². The second-order valence-electron chi connectivity index (χ2n) is 4.88. The van der Waals surface area contributed by atoms with Gasteiger partial charge < -0.3 is 20.7 Å². The second-order valence-corrected chi connectivity index (χ2v) is 5.15. The smallest absolute Gasteiger partial charge is 0.312 e. The zero-order valence-electron chi connectivity index (χ0n) is 10.8. The number of hydrogen-bond donors (Lipinski definition) is 3. The Kier molecular flexibility index (Phi) is 3.44. The van der Waals surface area contributed by atoms with E-state index in [2.05, 4.69) is 15.0 Å². The SMILES string of the molecule is Nc1nc(F)nc2c1ncn2[C@H]1C[C@H](O)[C@](CO)(CCl)O1. The maximum atomic E-state index is 13.3. The lowest BCUT2D eigenvalue weighted by Crippen LogP contribution is -2.45. The number of rotatable bonds is 3. The molecule has 0 spiro atoms. The average molecular weight is 318 g/mol. The normalized spacial score (nSPS) is 29.3. The Morgan fingerprint density at radius 3 is 2.95 bits per heavy atom. The van der Waals surface area contributed by atoms with Crippen molar-refractivity contribution >= 4 is 28.6 Å². The molecule has 2 aromatic rings. The molecule has 0 bridgehead atoms. The van der Waals surface area contributed by atoms with Crippen molar-refractivity contribution in [2.24, 2.45) is 0 Å². The number of imidazole rings is 1. The van der Waals surface area contributed by atoms with Gasteiger partial charge in [-0.3, -0.25) is 4.57 Å². The first-order chi connectivity index (χ1) is 10.0. The molecule has 0 aromatic carbocycles. The van der Waals surface area contributed by atoms with Crippen LogP contribution in [0.15, 0.2) is 6.33 Å². The van der Waals surface area contributed by atoms with Crippen LogP contribution in [0.2, 0.25) is 0 Å². The molecule has 10 heteroatoms. The number of alkyl halides is 1. The lowest BCUT2D eigenvalue weighted by atomic mass is 10.0. The lowest BCUT2D eigenvalue weighted by Gasteiger charge is -2.27. The molecule has 0 saturated carbocycles. The standard InChI is InChI=1S/C11H13ClFN5O3/c12-2-11(3-19)5(20)1-6(21-11)18-4-15-7-8(14)16-10(13)17-9(7)18/h4-6,19-20H,1-3H2,(H2,14,16,17)/t5-,6+,11+/m0/s1. The van der Waals surface area contributed by atoms with Crippen LogP contribution in [0.3, 0.4) is 0 Å². The number of fused-ring (bicyclic) bond motifs is 1. The molecule has 3 rings (SSSR count). The maximum Gasteiger partial charge on any atom is 0.312 e. The highest BCUT2D eigenvalue weighted by molar-refractivity contribution is 6.18. The highest BCUT2D eigenvalue weighted by atomic mass is 35.5. The third-order valence-corrected chi connectivity index (χ3v) is 4.08. The van der Waals surface area contributed by atoms with Crippen LogP contribution in [0.25, 0.3) is 11.2 Å². The van der Waals surface area contributed by atoms with Gasteiger partial charge in [-0.05, 0) is 0 Å². The van der Waals surface area contributed by atoms with Crippen molar-refractivity contribution in [1.29, 1.82) is 0 Å². The van der Waals surface area contributed by atoms with Crippen molar-refractivity contribution in [3.63, 3.8) is 0 Å². The number of hydrogen-bond acceptors (Lipinski definition) is 7. The van der Waals surface area contributed by atoms with Crippen molar-refractivity contribution in [3.8, 4) is 0 Å². The molecule has 1 saturated heterocycles. The fourth-order valence-electron chi connectivity index (χ4n) is 2.40. The minimum absolute atomic E-state index is 0.0828. The summed E-state index contributed by atoms with van der Waals surface area (Å²) in [6, 6.07) is 0. The zero-order valence-corrected chi connectivity index (χ0v) is 11.5. The number of halogens is 2. The van der Waals surface area contributed by atoms with Crippen molar-refractivity contribution < 1.29 is 19.3 Å². The molecular weight excluding hydrogens is 305 g/mol. The molecule has 21 heavy (non-hydrogen) atoms. The van der Waals surface area contributed by atoms with E-state index in [0.717, 1.165) is 0 Å². The van der Waals surface area contributed by atoms with E-state index >= 15 is 0 Å². The Morgan fingerprint density at radius 2 is 2.33 bits per heavy atom. The zero-order chi connectivity index (χ0) is 15.2. The summed E-state index contributed by atoms with van der Waals surface area (Å²) < 4.78 is 20.4. The first-order valence-corrected chi connectivity index (χ1v) is 6.72. The van der Waals surface area contributed by atoms with Gasteiger partial charge in [-0.2, -0.15) is 14.4 Å². The predicted octanol–water partition coefficient (Wildman–Crippen LogP) is -0.203. The number of aliphatic hydroxyl groups is 2. The topological polar surface area (TPSA) is 119 Å². The monoisotopic (exact) mass is 317 g/mol. The summed E-state index contributed by atoms with van der Waals surface area (Å²) in [5, 5.41) is 19.5. The minimum atomic E-state index is -1.26. The van der Waals surface area contributed by atoms with E-state index < -0.39 is 30.6 Å². The van der Waals surface area contributed by atoms with Gasteiger partial charge in [-0.15, -0.1) is 11.6 Å². The van der Waals surface area contributed by atoms with Crippen molar-refractivity contribution in [2.45, 2.75) is 24.4 Å². The number of anilines is 1. The summed E-state index contributed by atoms with van der Waals surface area (Å²) in [6.45, 7) is -0.438. The molecule has 0 radical (unpaired) electrons. The van der Waals surface area contributed by atoms with Gasteiger partial charge in [-0.1, -0.05) is 0 Å². The first-order valence-electron chi connectivity index (χ1n) is 6.19. The Morgan fingerprint density at radius 1 is 1.57 bits per heavy atom. The molecule has 3 atom stereocenters. The van der Waals surface area contributed by atoms with Crippen LogP contribution in [0, 0.1) is 6.08 Å². The number of nitrogens with zero attached hydrogens (tertiary/aromatic N) is 4. The van der Waals surface area contributed by atoms with E-state index in [1.165, 1.54) is 10.9 Å². The highest BCUT2D eigenvalue weighted by Gasteiger charge is 2.48. The molecule has 2 aromatic heterocycles. The van der Waals surface area contributed by atoms with E-state index in [9.17, 15) is 14.6 Å². The van der Waals surface area contributed by atoms with E-state index in [4.69, 9.17) is 22.1 Å². The number of ether oxygens (including phenoxy) is 1. The summed E-state index contributed by atoms with van der Waals surface area (Å²) in [5.74, 6) is -0.167. The van der Waals surface area contributed by atoms with Crippen LogP contribution < -0.4 is 5.73 Å². The molecule has 4 N–H and O–H groups in total. The highest BCUT2D eigenvalue weighted by Crippen LogP contribution is 2.38. The first kappa shape index (κ1) is 14.4. The summed E-state index contributed by atoms with van der Waals surface area (Å²) in [6.07, 6.45) is -1.11. The van der Waals surface area contributed by atoms with Crippen LogP contribution >= 0.6 is 11.6 Å². The number of aromatic nitrogens is 4. The number of nitrogen functional groups attached to an aromatic ring is 1. The fourth-order valence-corrected chi connectivity index (χ4v) is 2.73. The van der Waals surface area contributed by atoms with Gasteiger partial charge in [0.2, 0.25) is 0 Å². The Hall–Kier alpha value is -1.55. The largest absolute Gasteiger partial charge is 0.393 e. The predicted molar refractivity (Wildman–Crippen MR) is 71.0 cm³/mol. The van der Waals surface area contributed by atoms with E-state index in [1.807, 2.05) is 0 Å². The van der Waals surface area contributed by atoms with Crippen LogP contribution in [-0.4, -0.2) is 53.9 Å². The maximum absolute atomic E-state index is 13.3. The Balaban J connectivity index is 2.03. The van der Waals surface area contributed by atoms with Crippen LogP contribution in [0.5, 0.6) is 0 Å². The number of nitrogens with two attached hydrogens (primary N) is 1. The van der Waals surface area contributed by atoms with Gasteiger partial charge in [0.15, 0.2) is 17.0 Å². The fraction of sp³-hybridized carbons (Fsp3) is 0.545. The summed E-state index contributed by atoms with van der Waals surface area (Å²) in [7, 11) is 0. The number of aliphatic hydroxyl groups excluding tert-OH is 2. The van der Waals surface area contributed by atoms with Crippen LogP contribution in [0.1, 0.15) is 12.6 Å². The van der Waals surface area contributed by atoms with Gasteiger partial charge >= 0.3 is 6.08 Å². The summed E-state index contributed by atoms with van der Waals surface area (Å²) in [4.78, 5) is 11.1. The van der Waals surface area contributed by atoms with E-state index in [-0.39, 0.29) is 29.3 Å². The summed E-state index contributed by atoms with van der Waals surface area (Å²) >= 11 is 5.78. The third-order valence-electron chi connectivity index (χ3n) is 3.63. The van der Waals surface area contributed by atoms with Crippen LogP contribution in [-0.2, 0) is 4.74 Å². The molecule has 0 amide bonds. The third kappa shape index (κ3) is 2.13. The molecule has 114 valence electrons. The van der Waals surface area contributed by atoms with Gasteiger partial charge in [0.25, 0.3) is 0 Å². The average Bonchev–Trinajstić information content (AvgIpc) is 3.00. The summed E-state index contributed by atoms with van der Waals surface area (Å²) in [5.41, 5.74) is 4.71. The van der Waals surface area contributed by atoms with Crippen molar-refractivity contribution in [2.75, 3.05) is 18.2 Å². The molecule has 0 aliphatic carbocycles. The molecule has 3 heterocycles. The van der Waals surface area contributed by atoms with Gasteiger partial charge in [0.1, 0.15) is 11.8 Å². The van der Waals surface area contributed by atoms with Crippen molar-refractivity contribution in [1.82, 2.24) is 19.5 Å². The van der Waals surface area contributed by atoms with Gasteiger partial charge in [-0.25, -0.2) is 4.98 Å². The Bertz CT molecular complexity index is 677. The molecular formula is C11H13ClFN5O3. The molecule has 8 nitrogen and oxygen atoms in total. The quantitative estimate of drug-likeness (QED) is 0.529. The van der Waals surface area contributed by atoms with E-state index in [0.29, 0.717) is 0 Å². The molecule has 0 unspecified atom stereocenters. The molecule has 1 fully saturated rings. The molecule has 1 aliphatic rings. The van der Waals surface area contributed by atoms with Crippen LogP contribution in [0.4, 0.5) is 10.2 Å². The van der Waals surface area contributed by atoms with Gasteiger partial charge in [0, 0.05) is 6.42 Å². The van der Waals surface area contributed by atoms with E-state index in [1.54, 1.807) is 0 Å². The minimum Gasteiger partial charge on any atom is -0.393 e. The second kappa shape index (κ2) is 5.02. The molecule has 1 aliphatic heterocycles.